The number of nitrogens with one attached hydrogen (secondary N) is 1. The van der Waals surface area contributed by atoms with Crippen molar-refractivity contribution in [3.63, 3.8) is 0 Å². The van der Waals surface area contributed by atoms with Crippen molar-refractivity contribution in [3.8, 4) is 0 Å². The predicted octanol–water partition coefficient (Wildman–Crippen LogP) is 1.33. The van der Waals surface area contributed by atoms with Gasteiger partial charge in [-0.2, -0.15) is 0 Å². The predicted molar refractivity (Wildman–Crippen MR) is 68.6 cm³/mol. The minimum Gasteiger partial charge on any atom is -0.324 e. The summed E-state index contributed by atoms with van der Waals surface area (Å²) in [5.74, 6) is -0.436. The van der Waals surface area contributed by atoms with Crippen LogP contribution in [-0.2, 0) is 25.1 Å². The molecule has 0 saturated carbocycles. The highest BCUT2D eigenvalue weighted by molar-refractivity contribution is 7.89. The van der Waals surface area contributed by atoms with E-state index in [1.54, 1.807) is 32.0 Å². The number of Topliss-reactive ketones (excluding diaryl/α,β-unsaturated/α-hetero) is 1. The molecule has 4 nitrogen and oxygen atoms in total. The van der Waals surface area contributed by atoms with E-state index in [2.05, 4.69) is 5.32 Å². The average molecular weight is 263 g/mol. The van der Waals surface area contributed by atoms with Crippen molar-refractivity contribution in [1.82, 2.24) is 0 Å². The maximum Gasteiger partial charge on any atom is 0.248 e. The highest BCUT2D eigenvalue weighted by Gasteiger charge is 2.64. The Hall–Kier alpha value is -1.49. The molecule has 5 heteroatoms. The molecular weight excluding hydrogens is 250 g/mol. The molecule has 0 aromatic heterocycles. The van der Waals surface area contributed by atoms with Crippen molar-refractivity contribution >= 4 is 28.2 Å². The molecule has 94 valence electrons. The molecule has 1 fully saturated rings. The first kappa shape index (κ1) is 11.6. The number of benzene rings is 1. The van der Waals surface area contributed by atoms with Gasteiger partial charge < -0.3 is 5.32 Å². The van der Waals surface area contributed by atoms with Crippen LogP contribution in [0.4, 0.5) is 5.69 Å². The van der Waals surface area contributed by atoms with Crippen LogP contribution < -0.4 is 5.32 Å². The van der Waals surface area contributed by atoms with Crippen molar-refractivity contribution in [3.05, 3.63) is 29.8 Å². The van der Waals surface area contributed by atoms with E-state index in [9.17, 15) is 13.8 Å². The molecule has 1 N–H and O–H groups in total. The third-order valence-electron chi connectivity index (χ3n) is 3.84. The summed E-state index contributed by atoms with van der Waals surface area (Å²) in [5.41, 5.74) is 1.36. The van der Waals surface area contributed by atoms with Gasteiger partial charge in [-0.1, -0.05) is 18.2 Å². The third kappa shape index (κ3) is 1.13. The van der Waals surface area contributed by atoms with Crippen molar-refractivity contribution in [2.75, 3.05) is 5.32 Å². The Morgan fingerprint density at radius 3 is 2.50 bits per heavy atom. The van der Waals surface area contributed by atoms with Gasteiger partial charge in [0.15, 0.2) is 10.5 Å². The van der Waals surface area contributed by atoms with E-state index in [0.29, 0.717) is 11.3 Å². The van der Waals surface area contributed by atoms with Gasteiger partial charge in [-0.3, -0.25) is 13.8 Å². The van der Waals surface area contributed by atoms with E-state index in [1.165, 1.54) is 0 Å². The Bertz CT molecular complexity index is 608. The minimum absolute atomic E-state index is 0.0233. The molecule has 1 aromatic rings. The molecule has 1 aromatic carbocycles. The van der Waals surface area contributed by atoms with Crippen LogP contribution >= 0.6 is 0 Å². The van der Waals surface area contributed by atoms with Gasteiger partial charge in [-0.05, 0) is 19.9 Å². The highest BCUT2D eigenvalue weighted by atomic mass is 32.2. The molecule has 0 bridgehead atoms. The van der Waals surface area contributed by atoms with Crippen LogP contribution in [0.3, 0.4) is 0 Å². The molecule has 1 amide bonds. The number of amides is 1. The Morgan fingerprint density at radius 2 is 1.89 bits per heavy atom. The number of hydrogen-bond donors (Lipinski definition) is 1. The number of ketones is 1. The van der Waals surface area contributed by atoms with Gasteiger partial charge in [-0.25, -0.2) is 0 Å². The number of fused-ring (bicyclic) bond motifs is 2. The van der Waals surface area contributed by atoms with E-state index in [-0.39, 0.29) is 18.1 Å². The number of rotatable bonds is 0. The fraction of sp³-hybridized carbons (Fsp3) is 0.385. The smallest absolute Gasteiger partial charge is 0.248 e. The van der Waals surface area contributed by atoms with Crippen LogP contribution in [-0.4, -0.2) is 20.6 Å². The lowest BCUT2D eigenvalue weighted by Crippen LogP contribution is -2.39. The van der Waals surface area contributed by atoms with Gasteiger partial charge >= 0.3 is 0 Å². The quantitative estimate of drug-likeness (QED) is 0.768. The molecule has 1 spiro atoms. The van der Waals surface area contributed by atoms with Crippen LogP contribution in [0.15, 0.2) is 24.3 Å². The molecule has 2 unspecified atom stereocenters. The first-order chi connectivity index (χ1) is 8.40. The summed E-state index contributed by atoms with van der Waals surface area (Å²) in [7, 11) is -1.55. The lowest BCUT2D eigenvalue weighted by molar-refractivity contribution is -0.124. The second-order valence-corrected chi connectivity index (χ2v) is 7.46. The standard InChI is InChI=1S/C13H13NO3S/c1-12(2)10(15)7-13(18(12)17)8-5-3-4-6-9(8)14-11(13)16/h3-6H,7H2,1-2H3,(H,14,16). The van der Waals surface area contributed by atoms with Gasteiger partial charge in [0, 0.05) is 17.7 Å². The summed E-state index contributed by atoms with van der Waals surface area (Å²) < 4.78 is 10.5. The zero-order valence-electron chi connectivity index (χ0n) is 10.1. The van der Waals surface area contributed by atoms with E-state index < -0.39 is 20.3 Å². The monoisotopic (exact) mass is 263 g/mol. The summed E-state index contributed by atoms with van der Waals surface area (Å²) in [4.78, 5) is 24.3. The van der Waals surface area contributed by atoms with E-state index in [4.69, 9.17) is 0 Å². The van der Waals surface area contributed by atoms with Crippen LogP contribution in [0.25, 0.3) is 0 Å². The topological polar surface area (TPSA) is 63.2 Å². The molecule has 2 aliphatic heterocycles. The minimum atomic E-state index is -1.55. The van der Waals surface area contributed by atoms with Crippen LogP contribution in [0.1, 0.15) is 25.8 Å². The Morgan fingerprint density at radius 1 is 1.22 bits per heavy atom. The zero-order chi connectivity index (χ0) is 13.1. The molecule has 2 aliphatic rings. The van der Waals surface area contributed by atoms with Gasteiger partial charge in [0.1, 0.15) is 0 Å². The number of para-hydroxylation sites is 1. The zero-order valence-corrected chi connectivity index (χ0v) is 11.0. The largest absolute Gasteiger partial charge is 0.324 e. The van der Waals surface area contributed by atoms with Crippen molar-refractivity contribution in [2.24, 2.45) is 0 Å². The maximum absolute atomic E-state index is 12.7. The van der Waals surface area contributed by atoms with E-state index >= 15 is 0 Å². The second-order valence-electron chi connectivity index (χ2n) is 5.21. The molecule has 0 radical (unpaired) electrons. The third-order valence-corrected chi connectivity index (χ3v) is 6.18. The summed E-state index contributed by atoms with van der Waals surface area (Å²) in [5, 5.41) is 2.73. The normalized spacial score (nSPS) is 32.7. The summed E-state index contributed by atoms with van der Waals surface area (Å²) in [6, 6.07) is 7.16. The SMILES string of the molecule is CC1(C)C(=O)CC2(C(=O)Nc3ccccc32)S1=O. The lowest BCUT2D eigenvalue weighted by Gasteiger charge is -2.22. The van der Waals surface area contributed by atoms with Crippen molar-refractivity contribution in [1.29, 1.82) is 0 Å². The fourth-order valence-electron chi connectivity index (χ4n) is 2.69. The Labute approximate surface area is 107 Å². The summed E-state index contributed by atoms with van der Waals surface area (Å²) in [6.07, 6.45) is 0.0233. The number of hydrogen-bond acceptors (Lipinski definition) is 3. The first-order valence-corrected chi connectivity index (χ1v) is 6.92. The highest BCUT2D eigenvalue weighted by Crippen LogP contribution is 2.51. The average Bonchev–Trinajstić information content (AvgIpc) is 2.70. The van der Waals surface area contributed by atoms with Crippen molar-refractivity contribution in [2.45, 2.75) is 29.8 Å². The van der Waals surface area contributed by atoms with E-state index in [0.717, 1.165) is 0 Å². The Kier molecular flexibility index (Phi) is 2.12. The molecule has 0 aliphatic carbocycles. The molecule has 3 rings (SSSR count). The molecule has 2 heterocycles. The van der Waals surface area contributed by atoms with Gasteiger partial charge in [0.2, 0.25) is 5.91 Å². The Balaban J connectivity index is 2.27. The van der Waals surface area contributed by atoms with Crippen LogP contribution in [0.5, 0.6) is 0 Å². The molecule has 1 saturated heterocycles. The van der Waals surface area contributed by atoms with Crippen LogP contribution in [0, 0.1) is 0 Å². The number of carbonyl (C=O) groups is 2. The summed E-state index contributed by atoms with van der Waals surface area (Å²) >= 11 is 0. The van der Waals surface area contributed by atoms with Gasteiger partial charge in [0.05, 0.1) is 15.5 Å². The van der Waals surface area contributed by atoms with Gasteiger partial charge in [0.25, 0.3) is 0 Å². The van der Waals surface area contributed by atoms with Crippen LogP contribution in [0.2, 0.25) is 0 Å². The fourth-order valence-corrected chi connectivity index (χ4v) is 4.70. The first-order valence-electron chi connectivity index (χ1n) is 5.77. The molecule has 2 atom stereocenters. The molecule has 18 heavy (non-hydrogen) atoms. The number of anilines is 1. The maximum atomic E-state index is 12.7. The second kappa shape index (κ2) is 3.29. The van der Waals surface area contributed by atoms with Gasteiger partial charge in [-0.15, -0.1) is 0 Å². The lowest BCUT2D eigenvalue weighted by atomic mass is 9.91. The summed E-state index contributed by atoms with van der Waals surface area (Å²) in [6.45, 7) is 3.29. The van der Waals surface area contributed by atoms with Crippen molar-refractivity contribution < 1.29 is 13.8 Å². The van der Waals surface area contributed by atoms with E-state index in [1.807, 2.05) is 6.07 Å². The molecular formula is C13H13NO3S. The number of carbonyl (C=O) groups excluding carboxylic acids is 2.